The molecule has 0 heterocycles. The largest absolute Gasteiger partial charge is 0.494 e. The Hall–Kier alpha value is -1.98. The fourth-order valence-electron chi connectivity index (χ4n) is 1.81. The van der Waals surface area contributed by atoms with Crippen LogP contribution in [0.15, 0.2) is 36.4 Å². The lowest BCUT2D eigenvalue weighted by Crippen LogP contribution is -1.93. The Morgan fingerprint density at radius 1 is 1.26 bits per heavy atom. The number of terminal acetylenes is 1. The van der Waals surface area contributed by atoms with Gasteiger partial charge in [0.1, 0.15) is 11.6 Å². The summed E-state index contributed by atoms with van der Waals surface area (Å²) in [5, 5.41) is 0.470. The summed E-state index contributed by atoms with van der Waals surface area (Å²) in [5.74, 6) is 2.86. The summed E-state index contributed by atoms with van der Waals surface area (Å²) >= 11 is 6.10. The maximum atomic E-state index is 13.3. The molecule has 0 amide bonds. The van der Waals surface area contributed by atoms with Crippen molar-refractivity contribution in [1.29, 1.82) is 0 Å². The van der Waals surface area contributed by atoms with Crippen molar-refractivity contribution in [2.24, 2.45) is 0 Å². The van der Waals surface area contributed by atoms with Gasteiger partial charge in [-0.1, -0.05) is 17.5 Å². The van der Waals surface area contributed by atoms with E-state index in [4.69, 9.17) is 22.8 Å². The quantitative estimate of drug-likeness (QED) is 0.748. The average molecular weight is 275 g/mol. The Morgan fingerprint density at radius 2 is 2.05 bits per heavy atom. The number of benzene rings is 2. The topological polar surface area (TPSA) is 9.23 Å². The van der Waals surface area contributed by atoms with Crippen LogP contribution in [0.5, 0.6) is 5.75 Å². The maximum absolute atomic E-state index is 13.3. The van der Waals surface area contributed by atoms with E-state index in [1.807, 2.05) is 6.92 Å². The van der Waals surface area contributed by atoms with Crippen LogP contribution < -0.4 is 4.74 Å². The second-order valence-corrected chi connectivity index (χ2v) is 4.35. The van der Waals surface area contributed by atoms with Gasteiger partial charge in [-0.05, 0) is 48.9 Å². The van der Waals surface area contributed by atoms with Crippen LogP contribution >= 0.6 is 11.6 Å². The molecule has 0 fully saturated rings. The molecule has 0 aliphatic carbocycles. The van der Waals surface area contributed by atoms with Crippen molar-refractivity contribution in [1.82, 2.24) is 0 Å². The van der Waals surface area contributed by atoms with E-state index in [9.17, 15) is 4.39 Å². The minimum Gasteiger partial charge on any atom is -0.494 e. The highest BCUT2D eigenvalue weighted by Crippen LogP contribution is 2.32. The van der Waals surface area contributed by atoms with Crippen LogP contribution in [-0.4, -0.2) is 6.61 Å². The molecule has 96 valence electrons. The highest BCUT2D eigenvalue weighted by molar-refractivity contribution is 6.33. The summed E-state index contributed by atoms with van der Waals surface area (Å²) in [7, 11) is 0. The molecule has 0 aromatic heterocycles. The van der Waals surface area contributed by atoms with Crippen LogP contribution in [0.25, 0.3) is 11.1 Å². The van der Waals surface area contributed by atoms with Gasteiger partial charge in [-0.15, -0.1) is 6.42 Å². The molecule has 0 spiro atoms. The molecular formula is C16H12ClFO. The number of hydrogen-bond acceptors (Lipinski definition) is 1. The zero-order valence-electron chi connectivity index (χ0n) is 10.4. The molecule has 0 unspecified atom stereocenters. The number of ether oxygens (including phenoxy) is 1. The summed E-state index contributed by atoms with van der Waals surface area (Å²) in [6.07, 6.45) is 5.42. The van der Waals surface area contributed by atoms with Gasteiger partial charge in [-0.3, -0.25) is 0 Å². The third-order valence-electron chi connectivity index (χ3n) is 2.62. The average Bonchev–Trinajstić information content (AvgIpc) is 2.41. The summed E-state index contributed by atoms with van der Waals surface area (Å²) in [5.41, 5.74) is 2.00. The number of halogens is 2. The van der Waals surface area contributed by atoms with Gasteiger partial charge in [0.2, 0.25) is 0 Å². The van der Waals surface area contributed by atoms with E-state index in [0.717, 1.165) is 5.56 Å². The predicted octanol–water partition coefficient (Wildman–Crippen LogP) is 4.53. The molecule has 0 saturated heterocycles. The first-order chi connectivity index (χ1) is 9.13. The van der Waals surface area contributed by atoms with Crippen molar-refractivity contribution < 1.29 is 9.13 Å². The van der Waals surface area contributed by atoms with Gasteiger partial charge in [0.25, 0.3) is 0 Å². The van der Waals surface area contributed by atoms with Crippen LogP contribution in [0.2, 0.25) is 5.02 Å². The fraction of sp³-hybridized carbons (Fsp3) is 0.125. The lowest BCUT2D eigenvalue weighted by Gasteiger charge is -2.09. The Bertz CT molecular complexity index is 644. The molecule has 0 saturated carbocycles. The predicted molar refractivity (Wildman–Crippen MR) is 76.0 cm³/mol. The highest BCUT2D eigenvalue weighted by atomic mass is 35.5. The Balaban J connectivity index is 2.58. The van der Waals surface area contributed by atoms with Crippen molar-refractivity contribution in [3.8, 4) is 29.2 Å². The molecule has 1 nitrogen and oxygen atoms in total. The molecule has 2 aromatic carbocycles. The first-order valence-corrected chi connectivity index (χ1v) is 6.21. The standard InChI is InChI=1S/C16H12ClFO/c1-3-11-7-12(9-14(8-11)19-4-2)15-10-13(18)5-6-16(15)17/h1,5-10H,4H2,2H3. The van der Waals surface area contributed by atoms with Gasteiger partial charge in [-0.25, -0.2) is 4.39 Å². The molecule has 0 bridgehead atoms. The van der Waals surface area contributed by atoms with E-state index in [0.29, 0.717) is 28.5 Å². The number of hydrogen-bond donors (Lipinski definition) is 0. The third-order valence-corrected chi connectivity index (χ3v) is 2.95. The van der Waals surface area contributed by atoms with Gasteiger partial charge in [-0.2, -0.15) is 0 Å². The first kappa shape index (κ1) is 13.5. The van der Waals surface area contributed by atoms with E-state index in [1.54, 1.807) is 18.2 Å². The fourth-order valence-corrected chi connectivity index (χ4v) is 2.03. The van der Waals surface area contributed by atoms with Gasteiger partial charge in [0.15, 0.2) is 0 Å². The molecule has 3 heteroatoms. The maximum Gasteiger partial charge on any atom is 0.123 e. The van der Waals surface area contributed by atoms with Crippen molar-refractivity contribution in [3.05, 3.63) is 52.8 Å². The van der Waals surface area contributed by atoms with Gasteiger partial charge < -0.3 is 4.74 Å². The zero-order chi connectivity index (χ0) is 13.8. The minimum atomic E-state index is -0.344. The summed E-state index contributed by atoms with van der Waals surface area (Å²) in [6, 6.07) is 9.57. The smallest absolute Gasteiger partial charge is 0.123 e. The highest BCUT2D eigenvalue weighted by Gasteiger charge is 2.08. The molecule has 0 N–H and O–H groups in total. The normalized spacial score (nSPS) is 10.0. The monoisotopic (exact) mass is 274 g/mol. The van der Waals surface area contributed by atoms with E-state index >= 15 is 0 Å². The third kappa shape index (κ3) is 3.07. The lowest BCUT2D eigenvalue weighted by atomic mass is 10.0. The minimum absolute atomic E-state index is 0.344. The molecule has 0 radical (unpaired) electrons. The van der Waals surface area contributed by atoms with Crippen molar-refractivity contribution in [2.45, 2.75) is 6.92 Å². The second kappa shape index (κ2) is 5.77. The molecule has 19 heavy (non-hydrogen) atoms. The van der Waals surface area contributed by atoms with Gasteiger partial charge in [0.05, 0.1) is 6.61 Å². The van der Waals surface area contributed by atoms with Gasteiger partial charge >= 0.3 is 0 Å². The molecule has 2 rings (SSSR count). The molecule has 0 aliphatic rings. The van der Waals surface area contributed by atoms with E-state index < -0.39 is 0 Å². The van der Waals surface area contributed by atoms with Gasteiger partial charge in [0, 0.05) is 16.1 Å². The van der Waals surface area contributed by atoms with E-state index in [2.05, 4.69) is 5.92 Å². The Kier molecular flexibility index (Phi) is 4.09. The summed E-state index contributed by atoms with van der Waals surface area (Å²) < 4.78 is 18.8. The van der Waals surface area contributed by atoms with Crippen molar-refractivity contribution >= 4 is 11.6 Å². The Labute approximate surface area is 117 Å². The molecule has 0 atom stereocenters. The van der Waals surface area contributed by atoms with Crippen LogP contribution in [0.3, 0.4) is 0 Å². The molecule has 2 aromatic rings. The first-order valence-electron chi connectivity index (χ1n) is 5.84. The zero-order valence-corrected chi connectivity index (χ0v) is 11.2. The van der Waals surface area contributed by atoms with E-state index in [1.165, 1.54) is 18.2 Å². The summed E-state index contributed by atoms with van der Waals surface area (Å²) in [6.45, 7) is 2.42. The number of rotatable bonds is 3. The van der Waals surface area contributed by atoms with Crippen LogP contribution in [-0.2, 0) is 0 Å². The second-order valence-electron chi connectivity index (χ2n) is 3.95. The Morgan fingerprint density at radius 3 is 2.74 bits per heavy atom. The van der Waals surface area contributed by atoms with Crippen LogP contribution in [0, 0.1) is 18.2 Å². The van der Waals surface area contributed by atoms with Crippen LogP contribution in [0.4, 0.5) is 4.39 Å². The summed E-state index contributed by atoms with van der Waals surface area (Å²) in [4.78, 5) is 0. The lowest BCUT2D eigenvalue weighted by molar-refractivity contribution is 0.340. The SMILES string of the molecule is C#Cc1cc(OCC)cc(-c2cc(F)ccc2Cl)c1. The molecular weight excluding hydrogens is 263 g/mol. The van der Waals surface area contributed by atoms with Crippen molar-refractivity contribution in [2.75, 3.05) is 6.61 Å². The van der Waals surface area contributed by atoms with Crippen molar-refractivity contribution in [3.63, 3.8) is 0 Å². The molecule has 0 aliphatic heterocycles. The van der Waals surface area contributed by atoms with Crippen LogP contribution in [0.1, 0.15) is 12.5 Å². The van der Waals surface area contributed by atoms with E-state index in [-0.39, 0.29) is 5.82 Å².